The number of pyridine rings is 1. The fourth-order valence-corrected chi connectivity index (χ4v) is 6.93. The predicted octanol–water partition coefficient (Wildman–Crippen LogP) is 3.32. The van der Waals surface area contributed by atoms with Crippen molar-refractivity contribution in [1.82, 2.24) is 33.7 Å². The monoisotopic (exact) mass is 725 g/mol. The number of aromatic nitrogens is 6. The summed E-state index contributed by atoms with van der Waals surface area (Å²) >= 11 is 6.43. The average molecular weight is 726 g/mol. The first kappa shape index (κ1) is 34.0. The van der Waals surface area contributed by atoms with Gasteiger partial charge in [-0.05, 0) is 42.7 Å². The summed E-state index contributed by atoms with van der Waals surface area (Å²) < 4.78 is 50.0. The highest BCUT2D eigenvalue weighted by molar-refractivity contribution is 6.31. The Morgan fingerprint density at radius 3 is 2.55 bits per heavy atom. The molecule has 0 radical (unpaired) electrons. The Kier molecular flexibility index (Phi) is 8.71. The van der Waals surface area contributed by atoms with Crippen molar-refractivity contribution in [2.24, 2.45) is 5.73 Å². The normalized spacial score (nSPS) is 16.1. The fourth-order valence-electron chi connectivity index (χ4n) is 6.65. The molecule has 266 valence electrons. The van der Waals surface area contributed by atoms with Gasteiger partial charge in [0.15, 0.2) is 11.6 Å². The van der Waals surface area contributed by atoms with Crippen molar-refractivity contribution < 1.29 is 32.6 Å². The third kappa shape index (κ3) is 5.95. The zero-order valence-electron chi connectivity index (χ0n) is 27.1. The van der Waals surface area contributed by atoms with E-state index in [1.807, 2.05) is 0 Å². The van der Waals surface area contributed by atoms with Gasteiger partial charge < -0.3 is 25.4 Å². The van der Waals surface area contributed by atoms with E-state index in [1.54, 1.807) is 35.1 Å². The van der Waals surface area contributed by atoms with Crippen LogP contribution in [0.4, 0.5) is 18.9 Å². The summed E-state index contributed by atoms with van der Waals surface area (Å²) in [6.45, 7) is 3.17. The molecule has 51 heavy (non-hydrogen) atoms. The number of aromatic hydroxyl groups is 1. The molecule has 1 atom stereocenters. The van der Waals surface area contributed by atoms with Crippen molar-refractivity contribution in [3.05, 3.63) is 92.4 Å². The molecule has 1 unspecified atom stereocenters. The van der Waals surface area contributed by atoms with Gasteiger partial charge in [-0.15, -0.1) is 5.10 Å². The van der Waals surface area contributed by atoms with Gasteiger partial charge >= 0.3 is 6.18 Å². The van der Waals surface area contributed by atoms with Gasteiger partial charge in [0, 0.05) is 43.0 Å². The number of nitrogens with two attached hydrogens (primary N) is 1. The summed E-state index contributed by atoms with van der Waals surface area (Å²) in [5.74, 6) is -1.40. The van der Waals surface area contributed by atoms with E-state index in [9.17, 15) is 32.7 Å². The van der Waals surface area contributed by atoms with Crippen LogP contribution in [-0.2, 0) is 22.1 Å². The number of hydrogen-bond acceptors (Lipinski definition) is 9. The van der Waals surface area contributed by atoms with E-state index in [2.05, 4.69) is 15.2 Å². The molecule has 18 heteroatoms. The Hall–Kier alpha value is -5.42. The molecule has 2 aliphatic rings. The predicted molar refractivity (Wildman–Crippen MR) is 179 cm³/mol. The molecule has 7 rings (SSSR count). The minimum absolute atomic E-state index is 0.0245. The molecule has 0 bridgehead atoms. The van der Waals surface area contributed by atoms with Gasteiger partial charge in [0.05, 0.1) is 36.2 Å². The molecule has 2 amide bonds. The molecule has 2 aliphatic heterocycles. The van der Waals surface area contributed by atoms with Gasteiger partial charge in [-0.2, -0.15) is 27.8 Å². The average Bonchev–Trinajstić information content (AvgIpc) is 3.79. The second-order valence-electron chi connectivity index (χ2n) is 12.1. The van der Waals surface area contributed by atoms with Crippen LogP contribution in [0.1, 0.15) is 52.4 Å². The summed E-state index contributed by atoms with van der Waals surface area (Å²) in [6.07, 6.45) is 0.799. The maximum atomic E-state index is 14.4. The second-order valence-corrected chi connectivity index (χ2v) is 12.5. The Bertz CT molecular complexity index is 2290. The lowest BCUT2D eigenvalue weighted by molar-refractivity contribution is -0.137. The minimum Gasteiger partial charge on any atom is -0.505 e. The van der Waals surface area contributed by atoms with Crippen molar-refractivity contribution >= 4 is 46.0 Å². The highest BCUT2D eigenvalue weighted by atomic mass is 35.5. The largest absolute Gasteiger partial charge is 0.505 e. The van der Waals surface area contributed by atoms with Crippen LogP contribution in [0, 0.1) is 0 Å². The van der Waals surface area contributed by atoms with E-state index in [4.69, 9.17) is 22.1 Å². The van der Waals surface area contributed by atoms with E-state index < -0.39 is 35.2 Å². The van der Waals surface area contributed by atoms with Gasteiger partial charge in [-0.25, -0.2) is 4.52 Å². The topological polar surface area (TPSA) is 166 Å². The minimum atomic E-state index is -4.69. The first-order chi connectivity index (χ1) is 24.4. The quantitative estimate of drug-likeness (QED) is 0.256. The number of nitrogens with zero attached hydrogens (tertiary/aromatic N) is 8. The molecule has 1 saturated heterocycles. The Morgan fingerprint density at radius 1 is 1.14 bits per heavy atom. The fraction of sp³-hybridized carbons (Fsp3) is 0.333. The SMILES string of the molecule is CCc1c(N2CCN(C(=O)c3ccn4nccc4c3O)CC2)c(=O)n2nc(C3=CCOCC3)nc2n1C(C(N)=O)c1ccc(C(F)(F)F)cc1Cl. The van der Waals surface area contributed by atoms with Gasteiger partial charge in [0.2, 0.25) is 11.7 Å². The molecule has 6 heterocycles. The lowest BCUT2D eigenvalue weighted by Gasteiger charge is -2.37. The summed E-state index contributed by atoms with van der Waals surface area (Å²) in [6, 6.07) is 4.21. The molecule has 5 aromatic rings. The number of anilines is 1. The van der Waals surface area contributed by atoms with Crippen LogP contribution >= 0.6 is 11.6 Å². The van der Waals surface area contributed by atoms with E-state index in [0.29, 0.717) is 36.4 Å². The molecular weight excluding hydrogens is 695 g/mol. The molecule has 1 fully saturated rings. The van der Waals surface area contributed by atoms with Gasteiger partial charge in [-0.3, -0.25) is 19.0 Å². The van der Waals surface area contributed by atoms with Crippen LogP contribution in [0.15, 0.2) is 53.6 Å². The number of benzene rings is 1. The number of primary amides is 1. The first-order valence-corrected chi connectivity index (χ1v) is 16.4. The zero-order chi connectivity index (χ0) is 36.2. The Labute approximate surface area is 292 Å². The van der Waals surface area contributed by atoms with E-state index in [1.165, 1.54) is 21.3 Å². The van der Waals surface area contributed by atoms with Crippen LogP contribution < -0.4 is 16.2 Å². The van der Waals surface area contributed by atoms with Crippen LogP contribution in [0.2, 0.25) is 5.02 Å². The molecular formula is C33H31ClF3N9O5. The van der Waals surface area contributed by atoms with E-state index in [-0.39, 0.29) is 71.8 Å². The molecule has 0 saturated carbocycles. The molecule has 1 aromatic carbocycles. The highest BCUT2D eigenvalue weighted by Crippen LogP contribution is 2.37. The Morgan fingerprint density at radius 2 is 1.90 bits per heavy atom. The maximum Gasteiger partial charge on any atom is 0.416 e. The van der Waals surface area contributed by atoms with Crippen molar-refractivity contribution in [2.45, 2.75) is 32.0 Å². The lowest BCUT2D eigenvalue weighted by Crippen LogP contribution is -2.51. The number of carbonyl (C=O) groups is 2. The number of piperazine rings is 1. The number of amides is 2. The summed E-state index contributed by atoms with van der Waals surface area (Å²) in [5.41, 5.74) is 6.07. The highest BCUT2D eigenvalue weighted by Gasteiger charge is 2.36. The molecule has 3 N–H and O–H groups in total. The van der Waals surface area contributed by atoms with Crippen molar-refractivity contribution in [3.63, 3.8) is 0 Å². The van der Waals surface area contributed by atoms with E-state index in [0.717, 1.165) is 22.7 Å². The summed E-state index contributed by atoms with van der Waals surface area (Å²) in [5, 5.41) is 19.0. The summed E-state index contributed by atoms with van der Waals surface area (Å²) in [4.78, 5) is 49.2. The zero-order valence-corrected chi connectivity index (χ0v) is 27.9. The maximum absolute atomic E-state index is 14.4. The molecule has 0 aliphatic carbocycles. The standard InChI is InChI=1S/C33H31ClF3N9O5/c1-2-23-26(42-11-13-43(14-12-42)30(49)21-6-10-44-24(27(21)47)5-9-39-44)31(50)46-32(40-29(41-46)18-7-15-51-16-8-18)45(23)25(28(38)48)20-4-3-19(17-22(20)34)33(35,36)37/h3-7,9-10,17,25,47H,2,8,11-16H2,1H3,(H2,38,48). The number of halogens is 4. The number of ether oxygens (including phenoxy) is 1. The lowest BCUT2D eigenvalue weighted by atomic mass is 10.0. The number of alkyl halides is 3. The van der Waals surface area contributed by atoms with Crippen molar-refractivity contribution in [2.75, 3.05) is 44.3 Å². The second kappa shape index (κ2) is 13.0. The van der Waals surface area contributed by atoms with Crippen molar-refractivity contribution in [3.8, 4) is 5.75 Å². The number of fused-ring (bicyclic) bond motifs is 2. The first-order valence-electron chi connectivity index (χ1n) is 16.1. The van der Waals surface area contributed by atoms with Gasteiger partial charge in [0.1, 0.15) is 17.2 Å². The number of hydrogen-bond donors (Lipinski definition) is 2. The van der Waals surface area contributed by atoms with E-state index >= 15 is 0 Å². The van der Waals surface area contributed by atoms with Crippen LogP contribution in [-0.4, -0.2) is 90.0 Å². The molecule has 0 spiro atoms. The smallest absolute Gasteiger partial charge is 0.416 e. The summed E-state index contributed by atoms with van der Waals surface area (Å²) in [7, 11) is 0. The van der Waals surface area contributed by atoms with Crippen LogP contribution in [0.3, 0.4) is 0 Å². The van der Waals surface area contributed by atoms with Crippen molar-refractivity contribution in [1.29, 1.82) is 0 Å². The third-order valence-corrected chi connectivity index (χ3v) is 9.49. The molecule has 14 nitrogen and oxygen atoms in total. The third-order valence-electron chi connectivity index (χ3n) is 9.16. The van der Waals surface area contributed by atoms with Crippen LogP contribution in [0.25, 0.3) is 16.9 Å². The molecule has 4 aromatic heterocycles. The van der Waals surface area contributed by atoms with Crippen LogP contribution in [0.5, 0.6) is 5.75 Å². The van der Waals surface area contributed by atoms with Gasteiger partial charge in [0.25, 0.3) is 11.5 Å². The number of carbonyl (C=O) groups excluding carboxylic acids is 2. The van der Waals surface area contributed by atoms with Gasteiger partial charge in [-0.1, -0.05) is 30.7 Å². The Balaban J connectivity index is 1.33. The number of rotatable bonds is 7.